The van der Waals surface area contributed by atoms with Gasteiger partial charge in [0.2, 0.25) is 0 Å². The van der Waals surface area contributed by atoms with E-state index in [1.54, 1.807) is 5.57 Å². The van der Waals surface area contributed by atoms with Crippen molar-refractivity contribution in [2.75, 3.05) is 0 Å². The number of unbranched alkanes of at least 4 members (excludes halogenated alkanes) is 7. The van der Waals surface area contributed by atoms with Gasteiger partial charge in [0.1, 0.15) is 12.2 Å². The molecule has 0 saturated heterocycles. The van der Waals surface area contributed by atoms with Crippen molar-refractivity contribution in [1.82, 2.24) is 0 Å². The molecular weight excluding hydrogens is 604 g/mol. The van der Waals surface area contributed by atoms with Crippen LogP contribution in [0.5, 0.6) is 0 Å². The second-order valence-electron chi connectivity index (χ2n) is 17.9. The first kappa shape index (κ1) is 40.4. The van der Waals surface area contributed by atoms with Gasteiger partial charge in [-0.25, -0.2) is 4.89 Å². The Bertz CT molecular complexity index is 1070. The summed E-state index contributed by atoms with van der Waals surface area (Å²) >= 11 is 0. The van der Waals surface area contributed by atoms with Crippen LogP contribution in [0.3, 0.4) is 0 Å². The van der Waals surface area contributed by atoms with Crippen LogP contribution in [-0.4, -0.2) is 23.4 Å². The summed E-state index contributed by atoms with van der Waals surface area (Å²) in [7, 11) is 0. The van der Waals surface area contributed by atoms with Crippen molar-refractivity contribution in [3.63, 3.8) is 0 Å². The summed E-state index contributed by atoms with van der Waals surface area (Å²) in [6.45, 7) is 14.8. The molecule has 0 bridgehead atoms. The predicted molar refractivity (Wildman–Crippen MR) is 205 cm³/mol. The van der Waals surface area contributed by atoms with Gasteiger partial charge in [0.05, 0.1) is 0 Å². The van der Waals surface area contributed by atoms with Crippen LogP contribution in [0.25, 0.3) is 0 Å². The van der Waals surface area contributed by atoms with Crippen molar-refractivity contribution in [3.05, 3.63) is 36.0 Å². The predicted octanol–water partition coefficient (Wildman–Crippen LogP) is 13.2. The number of esters is 1. The zero-order valence-electron chi connectivity index (χ0n) is 32.7. The number of carbonyl (C=O) groups is 1. The van der Waals surface area contributed by atoms with Gasteiger partial charge in [-0.15, -0.1) is 0 Å². The van der Waals surface area contributed by atoms with Crippen molar-refractivity contribution >= 4 is 5.97 Å². The maximum absolute atomic E-state index is 12.8. The Morgan fingerprint density at radius 2 is 1.69 bits per heavy atom. The van der Waals surface area contributed by atoms with Crippen LogP contribution >= 0.6 is 0 Å². The molecule has 0 aliphatic heterocycles. The average Bonchev–Trinajstić information content (AvgIpc) is 3.43. The van der Waals surface area contributed by atoms with Gasteiger partial charge >= 0.3 is 5.97 Å². The highest BCUT2D eigenvalue weighted by Gasteiger charge is 2.59. The molecule has 4 heteroatoms. The van der Waals surface area contributed by atoms with Gasteiger partial charge in [0.25, 0.3) is 0 Å². The monoisotopic (exact) mass is 681 g/mol. The van der Waals surface area contributed by atoms with Crippen molar-refractivity contribution in [3.8, 4) is 0 Å². The van der Waals surface area contributed by atoms with E-state index in [-0.39, 0.29) is 18.2 Å². The summed E-state index contributed by atoms with van der Waals surface area (Å²) in [6, 6.07) is 0. The van der Waals surface area contributed by atoms with Crippen LogP contribution in [0.2, 0.25) is 0 Å². The fourth-order valence-corrected chi connectivity index (χ4v) is 11.2. The summed E-state index contributed by atoms with van der Waals surface area (Å²) in [6.07, 6.45) is 36.3. The first-order valence-corrected chi connectivity index (χ1v) is 21.1. The summed E-state index contributed by atoms with van der Waals surface area (Å²) in [4.78, 5) is 17.5. The zero-order chi connectivity index (χ0) is 35.3. The fraction of sp³-hybridized carbons (Fsp3) is 0.844. The summed E-state index contributed by atoms with van der Waals surface area (Å²) < 4.78 is 6.10. The molecule has 1 N–H and O–H groups in total. The van der Waals surface area contributed by atoms with E-state index in [0.29, 0.717) is 17.3 Å². The molecule has 0 spiro atoms. The van der Waals surface area contributed by atoms with Crippen LogP contribution < -0.4 is 0 Å². The van der Waals surface area contributed by atoms with Gasteiger partial charge < -0.3 is 4.74 Å². The van der Waals surface area contributed by atoms with E-state index in [4.69, 9.17) is 4.74 Å². The van der Waals surface area contributed by atoms with Gasteiger partial charge in [0, 0.05) is 12.8 Å². The number of allylic oxidation sites excluding steroid dienone is 4. The maximum atomic E-state index is 12.8. The fourth-order valence-electron chi connectivity index (χ4n) is 11.2. The molecule has 3 saturated carbocycles. The largest absolute Gasteiger partial charge is 0.462 e. The number of hydrogen-bond acceptors (Lipinski definition) is 4. The number of hydrogen-bond donors (Lipinski definition) is 1. The Balaban J connectivity index is 1.14. The number of carbonyl (C=O) groups excluding carboxylic acids is 1. The van der Waals surface area contributed by atoms with E-state index >= 15 is 0 Å². The third-order valence-corrected chi connectivity index (χ3v) is 14.1. The Labute approximate surface area is 302 Å². The molecular formula is C45H76O4. The molecule has 0 aromatic heterocycles. The van der Waals surface area contributed by atoms with Gasteiger partial charge in [-0.2, -0.15) is 0 Å². The lowest BCUT2D eigenvalue weighted by molar-refractivity contribution is -0.267. The third-order valence-electron chi connectivity index (χ3n) is 14.1. The second kappa shape index (κ2) is 20.0. The summed E-state index contributed by atoms with van der Waals surface area (Å²) in [5, 5.41) is 9.24. The molecule has 49 heavy (non-hydrogen) atoms. The smallest absolute Gasteiger partial charge is 0.306 e. The van der Waals surface area contributed by atoms with E-state index in [2.05, 4.69) is 64.7 Å². The van der Waals surface area contributed by atoms with Gasteiger partial charge in [-0.05, 0) is 117 Å². The molecule has 0 heterocycles. The van der Waals surface area contributed by atoms with E-state index < -0.39 is 0 Å². The standard InChI is InChI=1S/C45H76O4/c1-7-8-9-10-11-13-16-22-37(49-47)23-17-14-12-15-18-24-43(46)48-38-29-31-44(5)36(33-38)25-26-39-41-28-27-40(35(4)21-19-20-34(2)3)45(41,6)32-30-42(39)44/h11,13,16,22,25,34-35,37-42,47H,7-10,12,14-15,17-21,23-24,26-33H2,1-6H3/b13-11+,22-16+/t35-,37?,38?,39+,40-,41+,42+,44+,45-/m1/s1. The summed E-state index contributed by atoms with van der Waals surface area (Å²) in [5.74, 6) is 5.14. The van der Waals surface area contributed by atoms with Gasteiger partial charge in [-0.3, -0.25) is 10.1 Å². The minimum atomic E-state index is -0.246. The van der Waals surface area contributed by atoms with E-state index in [1.807, 2.05) is 12.2 Å². The lowest BCUT2D eigenvalue weighted by atomic mass is 9.47. The van der Waals surface area contributed by atoms with Crippen molar-refractivity contribution < 1.29 is 19.7 Å². The van der Waals surface area contributed by atoms with E-state index in [0.717, 1.165) is 93.3 Å². The zero-order valence-corrected chi connectivity index (χ0v) is 32.7. The molecule has 4 nitrogen and oxygen atoms in total. The highest BCUT2D eigenvalue weighted by Crippen LogP contribution is 2.67. The van der Waals surface area contributed by atoms with E-state index in [9.17, 15) is 10.1 Å². The average molecular weight is 681 g/mol. The summed E-state index contributed by atoms with van der Waals surface area (Å²) in [5.41, 5.74) is 2.45. The van der Waals surface area contributed by atoms with Crippen molar-refractivity contribution in [2.45, 2.75) is 195 Å². The Morgan fingerprint density at radius 3 is 2.47 bits per heavy atom. The second-order valence-corrected chi connectivity index (χ2v) is 17.9. The lowest BCUT2D eigenvalue weighted by Gasteiger charge is -2.58. The van der Waals surface area contributed by atoms with Crippen LogP contribution in [0.15, 0.2) is 36.0 Å². The molecule has 0 aromatic rings. The number of rotatable bonds is 21. The lowest BCUT2D eigenvalue weighted by Crippen LogP contribution is -2.51. The highest BCUT2D eigenvalue weighted by molar-refractivity contribution is 5.69. The van der Waals surface area contributed by atoms with Crippen molar-refractivity contribution in [2.24, 2.45) is 46.3 Å². The first-order chi connectivity index (χ1) is 23.6. The molecule has 4 aliphatic carbocycles. The van der Waals surface area contributed by atoms with Crippen LogP contribution in [0.4, 0.5) is 0 Å². The Morgan fingerprint density at radius 1 is 0.898 bits per heavy atom. The molecule has 3 fully saturated rings. The topological polar surface area (TPSA) is 55.8 Å². The van der Waals surface area contributed by atoms with Crippen LogP contribution in [0, 0.1) is 46.3 Å². The van der Waals surface area contributed by atoms with Crippen molar-refractivity contribution in [1.29, 1.82) is 0 Å². The minimum Gasteiger partial charge on any atom is -0.462 e. The van der Waals surface area contributed by atoms with E-state index in [1.165, 1.54) is 77.0 Å². The molecule has 0 amide bonds. The van der Waals surface area contributed by atoms with Gasteiger partial charge in [-0.1, -0.05) is 135 Å². The molecule has 4 aliphatic rings. The quantitative estimate of drug-likeness (QED) is 0.0327. The normalized spacial score (nSPS) is 32.6. The Hall–Kier alpha value is -1.39. The highest BCUT2D eigenvalue weighted by atomic mass is 17.1. The van der Waals surface area contributed by atoms with Crippen LogP contribution in [0.1, 0.15) is 183 Å². The van der Waals surface area contributed by atoms with Crippen LogP contribution in [-0.2, 0) is 14.4 Å². The third kappa shape index (κ3) is 11.1. The first-order valence-electron chi connectivity index (χ1n) is 21.1. The van der Waals surface area contributed by atoms with Gasteiger partial charge in [0.15, 0.2) is 0 Å². The Kier molecular flexibility index (Phi) is 16.5. The number of fused-ring (bicyclic) bond motifs is 5. The molecule has 0 aromatic carbocycles. The number of ether oxygens (including phenoxy) is 1. The minimum absolute atomic E-state index is 0.00235. The molecule has 4 rings (SSSR count). The molecule has 2 unspecified atom stereocenters. The maximum Gasteiger partial charge on any atom is 0.306 e. The molecule has 280 valence electrons. The molecule has 9 atom stereocenters. The SMILES string of the molecule is CCCCC/C=C/C=C/C(CCCCCCCC(=O)OC1CC[C@@]2(C)C(=CC[C@H]3[C@@H]4CC[C@H]([C@H](C)CCCC(C)C)[C@@]4(C)CC[C@@H]32)C1)OO. The molecule has 0 radical (unpaired) electrons.